The maximum atomic E-state index is 12.2. The normalized spacial score (nSPS) is 20.8. The Labute approximate surface area is 156 Å². The van der Waals surface area contributed by atoms with Crippen molar-refractivity contribution in [3.63, 3.8) is 0 Å². The number of fused-ring (bicyclic) bond motifs is 1. The maximum Gasteiger partial charge on any atom is 0.289 e. The van der Waals surface area contributed by atoms with Gasteiger partial charge in [-0.05, 0) is 49.3 Å². The number of piperidine rings is 1. The highest BCUT2D eigenvalue weighted by Gasteiger charge is 2.31. The number of amides is 1. The third-order valence-electron chi connectivity index (χ3n) is 5.73. The van der Waals surface area contributed by atoms with Gasteiger partial charge in [0, 0.05) is 39.7 Å². The maximum absolute atomic E-state index is 12.2. The molecule has 26 heavy (non-hydrogen) atoms. The first-order chi connectivity index (χ1) is 12.6. The molecule has 1 aromatic carbocycles. The van der Waals surface area contributed by atoms with E-state index >= 15 is 0 Å². The molecule has 1 heterocycles. The van der Waals surface area contributed by atoms with Crippen molar-refractivity contribution in [1.29, 1.82) is 0 Å². The second-order valence-electron chi connectivity index (χ2n) is 7.63. The van der Waals surface area contributed by atoms with Crippen LogP contribution in [0.15, 0.2) is 24.3 Å². The molecule has 1 atom stereocenters. The van der Waals surface area contributed by atoms with Gasteiger partial charge in [-0.3, -0.25) is 14.5 Å². The summed E-state index contributed by atoms with van der Waals surface area (Å²) in [5, 5.41) is 0. The van der Waals surface area contributed by atoms with Crippen LogP contribution in [0.1, 0.15) is 30.9 Å². The molecule has 3 rings (SSSR count). The van der Waals surface area contributed by atoms with E-state index in [0.717, 1.165) is 38.8 Å². The van der Waals surface area contributed by atoms with Crippen LogP contribution in [0.2, 0.25) is 0 Å². The fourth-order valence-electron chi connectivity index (χ4n) is 4.38. The monoisotopic (exact) mass is 358 g/mol. The van der Waals surface area contributed by atoms with Gasteiger partial charge in [-0.15, -0.1) is 0 Å². The molecular formula is C21H30N2O3. The van der Waals surface area contributed by atoms with E-state index in [9.17, 15) is 9.59 Å². The van der Waals surface area contributed by atoms with Crippen molar-refractivity contribution in [2.75, 3.05) is 39.9 Å². The first-order valence-corrected chi connectivity index (χ1v) is 9.68. The van der Waals surface area contributed by atoms with Crippen molar-refractivity contribution in [1.82, 2.24) is 9.80 Å². The number of hydrogen-bond donors (Lipinski definition) is 0. The van der Waals surface area contributed by atoms with E-state index in [4.69, 9.17) is 4.74 Å². The number of ether oxygens (including phenoxy) is 1. The number of carbonyl (C=O) groups is 2. The molecule has 1 saturated heterocycles. The highest BCUT2D eigenvalue weighted by Crippen LogP contribution is 2.29. The molecule has 1 fully saturated rings. The molecule has 0 spiro atoms. The van der Waals surface area contributed by atoms with Gasteiger partial charge in [-0.1, -0.05) is 24.3 Å². The van der Waals surface area contributed by atoms with Crippen molar-refractivity contribution in [3.05, 3.63) is 35.4 Å². The Morgan fingerprint density at radius 1 is 1.23 bits per heavy atom. The lowest BCUT2D eigenvalue weighted by Gasteiger charge is -2.38. The van der Waals surface area contributed by atoms with Gasteiger partial charge < -0.3 is 9.64 Å². The van der Waals surface area contributed by atoms with Gasteiger partial charge >= 0.3 is 0 Å². The average molecular weight is 358 g/mol. The first kappa shape index (κ1) is 19.1. The van der Waals surface area contributed by atoms with Crippen molar-refractivity contribution < 1.29 is 14.3 Å². The van der Waals surface area contributed by atoms with Crippen molar-refractivity contribution in [2.24, 2.45) is 5.92 Å². The van der Waals surface area contributed by atoms with E-state index in [2.05, 4.69) is 29.2 Å². The molecule has 1 aliphatic carbocycles. The fraction of sp³-hybridized carbons (Fsp3) is 0.619. The van der Waals surface area contributed by atoms with Gasteiger partial charge in [0.1, 0.15) is 0 Å². The highest BCUT2D eigenvalue weighted by atomic mass is 16.5. The lowest BCUT2D eigenvalue weighted by atomic mass is 9.95. The summed E-state index contributed by atoms with van der Waals surface area (Å²) in [5.41, 5.74) is 2.96. The molecule has 5 nitrogen and oxygen atoms in total. The third-order valence-corrected chi connectivity index (χ3v) is 5.73. The number of hydrogen-bond acceptors (Lipinski definition) is 4. The summed E-state index contributed by atoms with van der Waals surface area (Å²) in [6.07, 6.45) is 4.53. The molecule has 0 radical (unpaired) electrons. The van der Waals surface area contributed by atoms with Crippen LogP contribution in [0.5, 0.6) is 0 Å². The summed E-state index contributed by atoms with van der Waals surface area (Å²) in [6.45, 7) is 5.10. The summed E-state index contributed by atoms with van der Waals surface area (Å²) in [4.78, 5) is 28.0. The molecule has 0 N–H and O–H groups in total. The molecule has 1 aromatic rings. The molecule has 1 unspecified atom stereocenters. The number of likely N-dealkylation sites (tertiary alicyclic amines) is 1. The summed E-state index contributed by atoms with van der Waals surface area (Å²) in [6, 6.07) is 9.32. The minimum absolute atomic E-state index is 0.382. The zero-order chi connectivity index (χ0) is 18.5. The minimum atomic E-state index is -0.389. The van der Waals surface area contributed by atoms with Gasteiger partial charge in [0.2, 0.25) is 5.78 Å². The van der Waals surface area contributed by atoms with E-state index in [1.165, 1.54) is 18.1 Å². The van der Waals surface area contributed by atoms with E-state index in [1.807, 2.05) is 0 Å². The number of benzene rings is 1. The van der Waals surface area contributed by atoms with E-state index in [0.29, 0.717) is 31.7 Å². The number of Topliss-reactive ketones (excluding diaryl/α,β-unsaturated/α-hetero) is 1. The smallest absolute Gasteiger partial charge is 0.289 e. The molecule has 1 aliphatic heterocycles. The second-order valence-corrected chi connectivity index (χ2v) is 7.63. The van der Waals surface area contributed by atoms with Crippen LogP contribution in [0.4, 0.5) is 0 Å². The third kappa shape index (κ3) is 4.51. The molecule has 142 valence electrons. The van der Waals surface area contributed by atoms with E-state index < -0.39 is 0 Å². The van der Waals surface area contributed by atoms with Gasteiger partial charge in [0.25, 0.3) is 5.91 Å². The molecule has 0 bridgehead atoms. The first-order valence-electron chi connectivity index (χ1n) is 9.68. The zero-order valence-electron chi connectivity index (χ0n) is 15.9. The predicted octanol–water partition coefficient (Wildman–Crippen LogP) is 1.93. The van der Waals surface area contributed by atoms with Crippen molar-refractivity contribution in [3.8, 4) is 0 Å². The Hall–Kier alpha value is -1.72. The lowest BCUT2D eigenvalue weighted by molar-refractivity contribution is -0.144. The van der Waals surface area contributed by atoms with Crippen LogP contribution in [0.3, 0.4) is 0 Å². The number of nitrogens with zero attached hydrogens (tertiary/aromatic N) is 2. The Morgan fingerprint density at radius 3 is 2.54 bits per heavy atom. The molecular weight excluding hydrogens is 328 g/mol. The van der Waals surface area contributed by atoms with Gasteiger partial charge in [0.05, 0.1) is 6.61 Å². The molecule has 1 amide bonds. The van der Waals surface area contributed by atoms with Gasteiger partial charge in [0.15, 0.2) is 0 Å². The lowest BCUT2D eigenvalue weighted by Crippen LogP contribution is -2.48. The Morgan fingerprint density at radius 2 is 1.92 bits per heavy atom. The number of carbonyl (C=O) groups excluding carboxylic acids is 2. The largest absolute Gasteiger partial charge is 0.383 e. The summed E-state index contributed by atoms with van der Waals surface area (Å²) in [7, 11) is 1.62. The quantitative estimate of drug-likeness (QED) is 0.699. The van der Waals surface area contributed by atoms with Crippen molar-refractivity contribution in [2.45, 2.75) is 38.6 Å². The average Bonchev–Trinajstić information content (AvgIpc) is 3.09. The number of methoxy groups -OCH3 is 1. The topological polar surface area (TPSA) is 49.9 Å². The molecule has 5 heteroatoms. The second kappa shape index (κ2) is 8.78. The van der Waals surface area contributed by atoms with Crippen LogP contribution in [-0.4, -0.2) is 67.4 Å². The van der Waals surface area contributed by atoms with E-state index in [1.54, 1.807) is 12.0 Å². The van der Waals surface area contributed by atoms with Crippen LogP contribution in [-0.2, 0) is 27.2 Å². The molecule has 2 aliphatic rings. The zero-order valence-corrected chi connectivity index (χ0v) is 15.9. The minimum Gasteiger partial charge on any atom is -0.383 e. The van der Waals surface area contributed by atoms with Crippen molar-refractivity contribution >= 4 is 11.7 Å². The van der Waals surface area contributed by atoms with Crippen LogP contribution < -0.4 is 0 Å². The predicted molar refractivity (Wildman–Crippen MR) is 101 cm³/mol. The fourth-order valence-corrected chi connectivity index (χ4v) is 4.38. The van der Waals surface area contributed by atoms with E-state index in [-0.39, 0.29) is 11.7 Å². The van der Waals surface area contributed by atoms with Crippen LogP contribution >= 0.6 is 0 Å². The standard InChI is InChI=1S/C21H30N2O3/c1-16(24)21(25)23(10-11-26-2)15-17-6-5-9-22(14-17)20-12-18-7-3-4-8-19(18)13-20/h3-4,7-8,17,20H,5-6,9-15H2,1-2H3. The van der Waals surface area contributed by atoms with Gasteiger partial charge in [-0.2, -0.15) is 0 Å². The van der Waals surface area contributed by atoms with Gasteiger partial charge in [-0.25, -0.2) is 0 Å². The SMILES string of the molecule is COCCN(CC1CCCN(C2Cc3ccccc3C2)C1)C(=O)C(C)=O. The van der Waals surface area contributed by atoms with Crippen LogP contribution in [0, 0.1) is 5.92 Å². The summed E-state index contributed by atoms with van der Waals surface area (Å²) < 4.78 is 5.11. The molecule has 0 saturated carbocycles. The Bertz CT molecular complexity index is 621. The summed E-state index contributed by atoms with van der Waals surface area (Å²) in [5.74, 6) is -0.347. The Balaban J connectivity index is 1.59. The number of ketones is 1. The number of rotatable bonds is 7. The molecule has 0 aromatic heterocycles. The summed E-state index contributed by atoms with van der Waals surface area (Å²) >= 11 is 0. The highest BCUT2D eigenvalue weighted by molar-refractivity contribution is 6.35. The van der Waals surface area contributed by atoms with Crippen LogP contribution in [0.25, 0.3) is 0 Å². The Kier molecular flexibility index (Phi) is 6.43.